The highest BCUT2D eigenvalue weighted by Crippen LogP contribution is 2.47. The minimum Gasteiger partial charge on any atom is -0.462 e. The van der Waals surface area contributed by atoms with Gasteiger partial charge < -0.3 is 29.2 Å². The third kappa shape index (κ3) is 5.29. The van der Waals surface area contributed by atoms with Crippen molar-refractivity contribution in [2.45, 2.75) is 115 Å². The van der Waals surface area contributed by atoms with Crippen LogP contribution in [0.5, 0.6) is 0 Å². The summed E-state index contributed by atoms with van der Waals surface area (Å²) in [5.41, 5.74) is -0.453. The molecule has 8 nitrogen and oxygen atoms in total. The fourth-order valence-electron chi connectivity index (χ4n) is 6.77. The molecule has 5 rings (SSSR count). The van der Waals surface area contributed by atoms with Crippen LogP contribution in [0, 0.1) is 17.8 Å². The molecule has 10 atom stereocenters. The van der Waals surface area contributed by atoms with Crippen LogP contribution in [0.15, 0.2) is 47.1 Å². The minimum atomic E-state index is -2.05. The maximum atomic E-state index is 13.8. The van der Waals surface area contributed by atoms with Crippen LogP contribution >= 0.6 is 0 Å². The first kappa shape index (κ1) is 28.3. The van der Waals surface area contributed by atoms with Crippen molar-refractivity contribution in [2.75, 3.05) is 0 Å². The van der Waals surface area contributed by atoms with Crippen LogP contribution in [-0.4, -0.2) is 64.1 Å². The molecule has 1 spiro atoms. The molecular weight excluding hydrogens is 500 g/mol. The van der Waals surface area contributed by atoms with Crippen molar-refractivity contribution in [3.63, 3.8) is 0 Å². The van der Waals surface area contributed by atoms with Gasteiger partial charge in [-0.2, -0.15) is 0 Å². The zero-order valence-electron chi connectivity index (χ0n) is 23.6. The molecule has 3 fully saturated rings. The number of aliphatic hydroxyl groups is 2. The topological polar surface area (TPSA) is 112 Å². The molecule has 2 bridgehead atoms. The van der Waals surface area contributed by atoms with Gasteiger partial charge in [0.2, 0.25) is 0 Å². The lowest BCUT2D eigenvalue weighted by Crippen LogP contribution is -2.58. The van der Waals surface area contributed by atoms with Gasteiger partial charge in [-0.3, -0.25) is 4.79 Å². The summed E-state index contributed by atoms with van der Waals surface area (Å²) in [5.74, 6) is -2.89. The second-order valence-corrected chi connectivity index (χ2v) is 12.4. The van der Waals surface area contributed by atoms with Gasteiger partial charge in [0.15, 0.2) is 17.5 Å². The van der Waals surface area contributed by atoms with E-state index in [2.05, 4.69) is 33.8 Å². The molecule has 0 aromatic rings. The van der Waals surface area contributed by atoms with Gasteiger partial charge in [-0.05, 0) is 63.5 Å². The molecule has 0 unspecified atom stereocenters. The maximum Gasteiger partial charge on any atom is 0.337 e. The number of ether oxygens (including phenoxy) is 4. The van der Waals surface area contributed by atoms with Crippen molar-refractivity contribution in [3.05, 3.63) is 47.1 Å². The molecule has 0 aromatic heterocycles. The molecule has 0 saturated carbocycles. The highest BCUT2D eigenvalue weighted by molar-refractivity contribution is 5.97. The molecule has 4 heterocycles. The Kier molecular flexibility index (Phi) is 7.70. The summed E-state index contributed by atoms with van der Waals surface area (Å²) in [5, 5.41) is 22.8. The van der Waals surface area contributed by atoms with Crippen LogP contribution in [0.3, 0.4) is 0 Å². The summed E-state index contributed by atoms with van der Waals surface area (Å²) in [6.45, 7) is 10.0. The van der Waals surface area contributed by atoms with E-state index in [0.717, 1.165) is 12.8 Å². The van der Waals surface area contributed by atoms with Gasteiger partial charge >= 0.3 is 11.9 Å². The van der Waals surface area contributed by atoms with Gasteiger partial charge in [-0.25, -0.2) is 4.79 Å². The summed E-state index contributed by atoms with van der Waals surface area (Å²) >= 11 is 0. The first-order chi connectivity index (χ1) is 18.4. The van der Waals surface area contributed by atoms with E-state index in [0.29, 0.717) is 37.2 Å². The van der Waals surface area contributed by atoms with Crippen molar-refractivity contribution in [1.29, 1.82) is 0 Å². The number of fused-ring (bicyclic) bond motifs is 2. The van der Waals surface area contributed by atoms with Crippen LogP contribution in [-0.2, 0) is 28.5 Å². The number of allylic oxidation sites excluding steroid dienone is 4. The van der Waals surface area contributed by atoms with E-state index in [9.17, 15) is 19.8 Å². The van der Waals surface area contributed by atoms with Crippen LogP contribution < -0.4 is 0 Å². The van der Waals surface area contributed by atoms with E-state index in [4.69, 9.17) is 18.9 Å². The largest absolute Gasteiger partial charge is 0.462 e. The minimum absolute atomic E-state index is 0.0119. The van der Waals surface area contributed by atoms with Crippen LogP contribution in [0.1, 0.15) is 73.1 Å². The van der Waals surface area contributed by atoms with E-state index in [-0.39, 0.29) is 23.7 Å². The molecule has 0 aromatic carbocycles. The lowest BCUT2D eigenvalue weighted by molar-refractivity contribution is -0.332. The fraction of sp³-hybridized carbons (Fsp3) is 0.677. The molecule has 4 aliphatic heterocycles. The molecule has 8 heteroatoms. The third-order valence-electron chi connectivity index (χ3n) is 9.22. The second kappa shape index (κ2) is 10.6. The lowest BCUT2D eigenvalue weighted by atomic mass is 9.70. The summed E-state index contributed by atoms with van der Waals surface area (Å²) in [6, 6.07) is 0. The molecule has 5 aliphatic rings. The van der Waals surface area contributed by atoms with Crippen LogP contribution in [0.4, 0.5) is 0 Å². The van der Waals surface area contributed by atoms with Gasteiger partial charge in [-0.1, -0.05) is 43.7 Å². The van der Waals surface area contributed by atoms with E-state index >= 15 is 0 Å². The van der Waals surface area contributed by atoms with Crippen molar-refractivity contribution >= 4 is 11.9 Å². The summed E-state index contributed by atoms with van der Waals surface area (Å²) in [7, 11) is 0. The Morgan fingerprint density at radius 2 is 1.82 bits per heavy atom. The zero-order chi connectivity index (χ0) is 28.1. The molecule has 0 radical (unpaired) electrons. The molecule has 3 saturated heterocycles. The quantitative estimate of drug-likeness (QED) is 0.348. The average molecular weight is 543 g/mol. The first-order valence-corrected chi connectivity index (χ1v) is 14.3. The number of hydrogen-bond donors (Lipinski definition) is 2. The normalized spacial score (nSPS) is 47.2. The van der Waals surface area contributed by atoms with E-state index in [1.54, 1.807) is 13.0 Å². The molecule has 1 aliphatic carbocycles. The molecule has 214 valence electrons. The van der Waals surface area contributed by atoms with Crippen molar-refractivity contribution < 1.29 is 38.7 Å². The number of esters is 2. The molecule has 0 amide bonds. The lowest BCUT2D eigenvalue weighted by Gasteiger charge is -2.49. The number of rotatable bonds is 0. The molecular formula is C31H42O8. The van der Waals surface area contributed by atoms with Crippen molar-refractivity contribution in [1.82, 2.24) is 0 Å². The monoisotopic (exact) mass is 542 g/mol. The van der Waals surface area contributed by atoms with Crippen LogP contribution in [0.25, 0.3) is 0 Å². The highest BCUT2D eigenvalue weighted by Gasteiger charge is 2.64. The maximum absolute atomic E-state index is 13.8. The molecule has 2 N–H and O–H groups in total. The first-order valence-electron chi connectivity index (χ1n) is 14.3. The SMILES string of the molecule is CC1=C[C@H]2C(=O)O[C@H]3C[C@@H](C/C=C(/C)C[C@@H](C)/C=C\C=C4C(=O)O[C@H]([C@@H]1O)[C@@]42O)O[C@@]1(CC[C@H](C)[C@@H](C)O1)C3. The van der Waals surface area contributed by atoms with Crippen molar-refractivity contribution in [3.8, 4) is 0 Å². The third-order valence-corrected chi connectivity index (χ3v) is 9.22. The molecule has 39 heavy (non-hydrogen) atoms. The Bertz CT molecular complexity index is 1120. The van der Waals surface area contributed by atoms with E-state index in [1.165, 1.54) is 17.7 Å². The Hall–Kier alpha value is -2.26. The van der Waals surface area contributed by atoms with E-state index < -0.39 is 47.6 Å². The van der Waals surface area contributed by atoms with Gasteiger partial charge in [0.25, 0.3) is 0 Å². The Labute approximate surface area is 230 Å². The summed E-state index contributed by atoms with van der Waals surface area (Å²) in [4.78, 5) is 26.7. The number of aliphatic hydroxyl groups excluding tert-OH is 1. The Morgan fingerprint density at radius 1 is 1.05 bits per heavy atom. The van der Waals surface area contributed by atoms with Gasteiger partial charge in [-0.15, -0.1) is 0 Å². The average Bonchev–Trinajstić information content (AvgIpc) is 3.13. The number of carbonyl (C=O) groups excluding carboxylic acids is 2. The standard InChI is InChI=1S/C31H42O8/c1-17-7-6-8-24-28(33)37-27-26(32)20(4)14-25(31(24,27)35)29(34)36-23-15-22(10-9-18(2)13-17)39-30(16-23)12-11-19(3)21(5)38-30/h6-9,14,17,19,21-23,25-27,32,35H,10-13,15-16H2,1-5H3/b7-6-,18-9-,24-8?/t17-,19-,21+,22+,23-,25-,26+,27+,30-,31+/m0/s1. The summed E-state index contributed by atoms with van der Waals surface area (Å²) < 4.78 is 24.6. The summed E-state index contributed by atoms with van der Waals surface area (Å²) in [6.07, 6.45) is 9.72. The number of carbonyl (C=O) groups is 2. The Morgan fingerprint density at radius 3 is 2.56 bits per heavy atom. The zero-order valence-corrected chi connectivity index (χ0v) is 23.6. The van der Waals surface area contributed by atoms with Gasteiger partial charge in [0.05, 0.1) is 17.8 Å². The van der Waals surface area contributed by atoms with Gasteiger partial charge in [0, 0.05) is 19.3 Å². The fourth-order valence-corrected chi connectivity index (χ4v) is 6.77. The van der Waals surface area contributed by atoms with E-state index in [1.807, 2.05) is 6.08 Å². The predicted molar refractivity (Wildman–Crippen MR) is 143 cm³/mol. The Balaban J connectivity index is 1.54. The number of hydrogen-bond acceptors (Lipinski definition) is 8. The smallest absolute Gasteiger partial charge is 0.337 e. The van der Waals surface area contributed by atoms with Gasteiger partial charge in [0.1, 0.15) is 18.1 Å². The van der Waals surface area contributed by atoms with Crippen molar-refractivity contribution in [2.24, 2.45) is 17.8 Å². The highest BCUT2D eigenvalue weighted by atomic mass is 16.7. The second-order valence-electron chi connectivity index (χ2n) is 12.4. The van der Waals surface area contributed by atoms with Crippen LogP contribution in [0.2, 0.25) is 0 Å². The predicted octanol–water partition coefficient (Wildman–Crippen LogP) is 4.06.